The molecule has 166 valence electrons. The van der Waals surface area contributed by atoms with Gasteiger partial charge in [0.2, 0.25) is 5.88 Å². The van der Waals surface area contributed by atoms with E-state index in [0.717, 1.165) is 12.1 Å². The Labute approximate surface area is 183 Å². The molecule has 0 aliphatic carbocycles. The van der Waals surface area contributed by atoms with Gasteiger partial charge in [0.15, 0.2) is 0 Å². The first-order valence-corrected chi connectivity index (χ1v) is 9.88. The lowest BCUT2D eigenvalue weighted by atomic mass is 9.92. The zero-order valence-electron chi connectivity index (χ0n) is 17.8. The van der Waals surface area contributed by atoms with Crippen LogP contribution in [0.4, 0.5) is 13.6 Å². The summed E-state index contributed by atoms with van der Waals surface area (Å²) >= 11 is 0. The standard InChI is InChI=1S/C23H22F2N4O3/c1-13(9-23(2,3)29-22(30)31)12-32-21-14(10-26)6-15(11-28-21)17-4-5-27-19-8-16(24)7-18(25)20(17)19/h4-8,11,13,29H,9,12H2,1-3H3,(H,30,31). The maximum absolute atomic E-state index is 14.4. The van der Waals surface area contributed by atoms with Crippen LogP contribution in [0.2, 0.25) is 0 Å². The fourth-order valence-electron chi connectivity index (χ4n) is 3.73. The van der Waals surface area contributed by atoms with E-state index in [0.29, 0.717) is 17.5 Å². The highest BCUT2D eigenvalue weighted by Gasteiger charge is 2.24. The van der Waals surface area contributed by atoms with Gasteiger partial charge in [-0.1, -0.05) is 6.92 Å². The predicted octanol–water partition coefficient (Wildman–Crippen LogP) is 4.90. The molecule has 0 saturated carbocycles. The van der Waals surface area contributed by atoms with Crippen LogP contribution in [0, 0.1) is 28.9 Å². The zero-order valence-corrected chi connectivity index (χ0v) is 17.8. The smallest absolute Gasteiger partial charge is 0.405 e. The number of hydrogen-bond acceptors (Lipinski definition) is 5. The van der Waals surface area contributed by atoms with Gasteiger partial charge in [0.05, 0.1) is 12.1 Å². The van der Waals surface area contributed by atoms with Crippen LogP contribution in [0.5, 0.6) is 5.88 Å². The second kappa shape index (κ2) is 9.14. The molecule has 1 unspecified atom stereocenters. The number of fused-ring (bicyclic) bond motifs is 1. The molecule has 0 radical (unpaired) electrons. The second-order valence-corrected chi connectivity index (χ2v) is 8.26. The van der Waals surface area contributed by atoms with Crippen LogP contribution < -0.4 is 10.1 Å². The van der Waals surface area contributed by atoms with Crippen molar-refractivity contribution in [2.24, 2.45) is 5.92 Å². The number of halogens is 2. The van der Waals surface area contributed by atoms with Crippen molar-refractivity contribution in [2.75, 3.05) is 6.61 Å². The van der Waals surface area contributed by atoms with Crippen molar-refractivity contribution in [3.8, 4) is 23.1 Å². The minimum absolute atomic E-state index is 0.0296. The zero-order chi connectivity index (χ0) is 23.5. The number of amides is 1. The van der Waals surface area contributed by atoms with Crippen molar-refractivity contribution in [3.63, 3.8) is 0 Å². The van der Waals surface area contributed by atoms with E-state index < -0.39 is 23.3 Å². The Morgan fingerprint density at radius 3 is 2.75 bits per heavy atom. The third kappa shape index (κ3) is 5.27. The van der Waals surface area contributed by atoms with E-state index in [1.165, 1.54) is 18.5 Å². The minimum atomic E-state index is -1.10. The number of carboxylic acid groups (broad SMARTS) is 1. The van der Waals surface area contributed by atoms with Crippen LogP contribution >= 0.6 is 0 Å². The first kappa shape index (κ1) is 22.9. The number of benzene rings is 1. The topological polar surface area (TPSA) is 108 Å². The monoisotopic (exact) mass is 440 g/mol. The van der Waals surface area contributed by atoms with Crippen LogP contribution in [0.1, 0.15) is 32.8 Å². The summed E-state index contributed by atoms with van der Waals surface area (Å²) in [5.41, 5.74) is 0.565. The summed E-state index contributed by atoms with van der Waals surface area (Å²) in [5, 5.41) is 21.1. The van der Waals surface area contributed by atoms with E-state index in [2.05, 4.69) is 15.3 Å². The van der Waals surface area contributed by atoms with E-state index in [1.54, 1.807) is 19.9 Å². The lowest BCUT2D eigenvalue weighted by Gasteiger charge is -2.27. The number of aromatic nitrogens is 2. The van der Waals surface area contributed by atoms with Crippen molar-refractivity contribution in [1.82, 2.24) is 15.3 Å². The number of ether oxygens (including phenoxy) is 1. The van der Waals surface area contributed by atoms with Gasteiger partial charge in [-0.05, 0) is 43.9 Å². The molecule has 7 nitrogen and oxygen atoms in total. The predicted molar refractivity (Wildman–Crippen MR) is 114 cm³/mol. The molecule has 2 aromatic heterocycles. The van der Waals surface area contributed by atoms with Gasteiger partial charge in [-0.2, -0.15) is 5.26 Å². The van der Waals surface area contributed by atoms with Crippen LogP contribution in [0.25, 0.3) is 22.0 Å². The second-order valence-electron chi connectivity index (χ2n) is 8.26. The third-order valence-electron chi connectivity index (χ3n) is 4.85. The number of nitriles is 1. The van der Waals surface area contributed by atoms with Crippen LogP contribution in [-0.4, -0.2) is 33.3 Å². The van der Waals surface area contributed by atoms with Gasteiger partial charge < -0.3 is 15.2 Å². The van der Waals surface area contributed by atoms with Crippen molar-refractivity contribution in [2.45, 2.75) is 32.7 Å². The summed E-state index contributed by atoms with van der Waals surface area (Å²) in [4.78, 5) is 19.1. The Morgan fingerprint density at radius 1 is 1.31 bits per heavy atom. The Morgan fingerprint density at radius 2 is 2.06 bits per heavy atom. The number of carbonyl (C=O) groups is 1. The van der Waals surface area contributed by atoms with Gasteiger partial charge in [-0.3, -0.25) is 4.98 Å². The fourth-order valence-corrected chi connectivity index (χ4v) is 3.73. The maximum Gasteiger partial charge on any atom is 0.405 e. The highest BCUT2D eigenvalue weighted by molar-refractivity contribution is 5.94. The van der Waals surface area contributed by atoms with Crippen LogP contribution in [0.15, 0.2) is 36.7 Å². The molecule has 0 bridgehead atoms. The Balaban J connectivity index is 1.83. The highest BCUT2D eigenvalue weighted by atomic mass is 19.1. The molecule has 9 heteroatoms. The molecule has 2 heterocycles. The van der Waals surface area contributed by atoms with Gasteiger partial charge >= 0.3 is 6.09 Å². The molecule has 3 aromatic rings. The number of pyridine rings is 2. The lowest BCUT2D eigenvalue weighted by molar-refractivity contribution is 0.168. The quantitative estimate of drug-likeness (QED) is 0.541. The molecule has 1 aromatic carbocycles. The molecule has 32 heavy (non-hydrogen) atoms. The maximum atomic E-state index is 14.4. The van der Waals surface area contributed by atoms with Crippen molar-refractivity contribution in [1.29, 1.82) is 5.26 Å². The van der Waals surface area contributed by atoms with Gasteiger partial charge in [-0.15, -0.1) is 0 Å². The van der Waals surface area contributed by atoms with E-state index in [9.17, 15) is 18.8 Å². The van der Waals surface area contributed by atoms with E-state index in [1.807, 2.05) is 13.0 Å². The SMILES string of the molecule is CC(COc1ncc(-c2ccnc3cc(F)cc(F)c23)cc1C#N)CC(C)(C)NC(=O)O. The molecule has 1 atom stereocenters. The summed E-state index contributed by atoms with van der Waals surface area (Å²) in [6, 6.07) is 7.05. The first-order chi connectivity index (χ1) is 15.1. The molecule has 0 aliphatic rings. The summed E-state index contributed by atoms with van der Waals surface area (Å²) < 4.78 is 33.7. The van der Waals surface area contributed by atoms with Gasteiger partial charge in [0, 0.05) is 41.0 Å². The molecule has 0 aliphatic heterocycles. The summed E-state index contributed by atoms with van der Waals surface area (Å²) in [5.74, 6) is -1.39. The van der Waals surface area contributed by atoms with Gasteiger partial charge in [0.1, 0.15) is 23.3 Å². The Hall–Kier alpha value is -3.80. The Bertz CT molecular complexity index is 1210. The molecule has 2 N–H and O–H groups in total. The molecule has 0 spiro atoms. The molecular formula is C23H22F2N4O3. The van der Waals surface area contributed by atoms with Crippen LogP contribution in [0.3, 0.4) is 0 Å². The number of rotatable bonds is 7. The van der Waals surface area contributed by atoms with Crippen molar-refractivity contribution in [3.05, 3.63) is 53.9 Å². The molecule has 3 rings (SSSR count). The summed E-state index contributed by atoms with van der Waals surface area (Å²) in [6.07, 6.45) is 2.29. The average molecular weight is 440 g/mol. The minimum Gasteiger partial charge on any atom is -0.476 e. The largest absolute Gasteiger partial charge is 0.476 e. The summed E-state index contributed by atoms with van der Waals surface area (Å²) in [7, 11) is 0. The van der Waals surface area contributed by atoms with Gasteiger partial charge in [0.25, 0.3) is 0 Å². The number of hydrogen-bond donors (Lipinski definition) is 2. The average Bonchev–Trinajstić information content (AvgIpc) is 2.70. The number of nitrogens with one attached hydrogen (secondary N) is 1. The normalized spacial score (nSPS) is 12.2. The first-order valence-electron chi connectivity index (χ1n) is 9.88. The molecular weight excluding hydrogens is 418 g/mol. The van der Waals surface area contributed by atoms with Crippen molar-refractivity contribution >= 4 is 17.0 Å². The van der Waals surface area contributed by atoms with Crippen LogP contribution in [-0.2, 0) is 0 Å². The molecule has 0 fully saturated rings. The lowest BCUT2D eigenvalue weighted by Crippen LogP contribution is -2.44. The van der Waals surface area contributed by atoms with E-state index >= 15 is 0 Å². The van der Waals surface area contributed by atoms with E-state index in [-0.39, 0.29) is 34.9 Å². The summed E-state index contributed by atoms with van der Waals surface area (Å²) in [6.45, 7) is 5.67. The highest BCUT2D eigenvalue weighted by Crippen LogP contribution is 2.32. The van der Waals surface area contributed by atoms with E-state index in [4.69, 9.17) is 9.84 Å². The van der Waals surface area contributed by atoms with Crippen molar-refractivity contribution < 1.29 is 23.4 Å². The number of nitrogens with zero attached hydrogens (tertiary/aromatic N) is 3. The Kier molecular flexibility index (Phi) is 6.53. The molecule has 0 saturated heterocycles. The fraction of sp³-hybridized carbons (Fsp3) is 0.304. The van der Waals surface area contributed by atoms with Gasteiger partial charge in [-0.25, -0.2) is 18.6 Å². The molecule has 1 amide bonds. The third-order valence-corrected chi connectivity index (χ3v) is 4.85.